The Labute approximate surface area is 123 Å². The molecule has 20 heavy (non-hydrogen) atoms. The van der Waals surface area contributed by atoms with Gasteiger partial charge in [-0.1, -0.05) is 37.1 Å². The Morgan fingerprint density at radius 1 is 1.20 bits per heavy atom. The number of aryl methyl sites for hydroxylation is 1. The zero-order chi connectivity index (χ0) is 14.6. The fourth-order valence-electron chi connectivity index (χ4n) is 1.80. The summed E-state index contributed by atoms with van der Waals surface area (Å²) < 4.78 is 26.9. The highest BCUT2D eigenvalue weighted by Gasteiger charge is 2.17. The molecule has 2 rings (SSSR count). The molecule has 106 valence electrons. The van der Waals surface area contributed by atoms with Gasteiger partial charge in [0, 0.05) is 18.1 Å². The summed E-state index contributed by atoms with van der Waals surface area (Å²) in [6.45, 7) is 2.10. The van der Waals surface area contributed by atoms with Crippen LogP contribution >= 0.6 is 11.6 Å². The third-order valence-electron chi connectivity index (χ3n) is 2.77. The number of nitrogens with zero attached hydrogens (tertiary/aromatic N) is 1. The standard InChI is InChI=1S/C14H15ClN2O2S/c1-2-3-11-4-6-12(7-5-11)17-20(18,19)14-10-16-9-8-13(14)15/h4-10,17H,2-3H2,1H3. The molecule has 0 radical (unpaired) electrons. The molecule has 1 N–H and O–H groups in total. The summed E-state index contributed by atoms with van der Waals surface area (Å²) >= 11 is 5.88. The fraction of sp³-hybridized carbons (Fsp3) is 0.214. The second kappa shape index (κ2) is 6.24. The predicted octanol–water partition coefficient (Wildman–Crippen LogP) is 3.49. The summed E-state index contributed by atoms with van der Waals surface area (Å²) in [5.74, 6) is 0. The van der Waals surface area contributed by atoms with Crippen LogP contribution in [0.15, 0.2) is 47.6 Å². The second-order valence-electron chi connectivity index (χ2n) is 4.36. The van der Waals surface area contributed by atoms with Crippen LogP contribution in [0, 0.1) is 0 Å². The Bertz CT molecular complexity index is 685. The number of hydrogen-bond acceptors (Lipinski definition) is 3. The van der Waals surface area contributed by atoms with Crippen LogP contribution < -0.4 is 4.72 Å². The first-order valence-electron chi connectivity index (χ1n) is 6.24. The van der Waals surface area contributed by atoms with Crippen LogP contribution in [-0.2, 0) is 16.4 Å². The van der Waals surface area contributed by atoms with Crippen LogP contribution in [0.3, 0.4) is 0 Å². The van der Waals surface area contributed by atoms with E-state index in [9.17, 15) is 8.42 Å². The Balaban J connectivity index is 2.22. The van der Waals surface area contributed by atoms with Crippen LogP contribution in [0.2, 0.25) is 5.02 Å². The van der Waals surface area contributed by atoms with Gasteiger partial charge in [0.1, 0.15) is 4.90 Å². The SMILES string of the molecule is CCCc1ccc(NS(=O)(=O)c2cnccc2Cl)cc1. The molecule has 1 aromatic heterocycles. The number of rotatable bonds is 5. The van der Waals surface area contributed by atoms with Gasteiger partial charge in [0.15, 0.2) is 0 Å². The zero-order valence-electron chi connectivity index (χ0n) is 11.0. The van der Waals surface area contributed by atoms with E-state index in [2.05, 4.69) is 16.6 Å². The van der Waals surface area contributed by atoms with E-state index in [1.165, 1.54) is 24.0 Å². The van der Waals surface area contributed by atoms with Crippen LogP contribution in [0.4, 0.5) is 5.69 Å². The second-order valence-corrected chi connectivity index (χ2v) is 6.42. The van der Waals surface area contributed by atoms with Gasteiger partial charge in [0.2, 0.25) is 0 Å². The molecule has 0 unspecified atom stereocenters. The van der Waals surface area contributed by atoms with E-state index in [1.54, 1.807) is 12.1 Å². The summed E-state index contributed by atoms with van der Waals surface area (Å²) in [6, 6.07) is 8.75. The number of benzene rings is 1. The van der Waals surface area contributed by atoms with Crippen molar-refractivity contribution in [3.05, 3.63) is 53.3 Å². The molecule has 0 spiro atoms. The number of sulfonamides is 1. The Kier molecular flexibility index (Phi) is 4.62. The van der Waals surface area contributed by atoms with E-state index in [0.29, 0.717) is 5.69 Å². The van der Waals surface area contributed by atoms with E-state index in [4.69, 9.17) is 11.6 Å². The van der Waals surface area contributed by atoms with Crippen LogP contribution in [-0.4, -0.2) is 13.4 Å². The average molecular weight is 311 g/mol. The van der Waals surface area contributed by atoms with Gasteiger partial charge in [0.05, 0.1) is 5.02 Å². The third-order valence-corrected chi connectivity index (χ3v) is 4.62. The molecule has 0 aliphatic carbocycles. The quantitative estimate of drug-likeness (QED) is 0.919. The highest BCUT2D eigenvalue weighted by atomic mass is 35.5. The molecule has 0 saturated heterocycles. The van der Waals surface area contributed by atoms with Gasteiger partial charge >= 0.3 is 0 Å². The van der Waals surface area contributed by atoms with E-state index in [1.807, 2.05) is 12.1 Å². The van der Waals surface area contributed by atoms with Crippen molar-refractivity contribution in [2.75, 3.05) is 4.72 Å². The minimum atomic E-state index is -3.71. The van der Waals surface area contributed by atoms with Crippen molar-refractivity contribution in [3.8, 4) is 0 Å². The maximum atomic E-state index is 12.2. The van der Waals surface area contributed by atoms with Gasteiger partial charge in [-0.2, -0.15) is 0 Å². The maximum Gasteiger partial charge on any atom is 0.264 e. The lowest BCUT2D eigenvalue weighted by atomic mass is 10.1. The largest absolute Gasteiger partial charge is 0.280 e. The lowest BCUT2D eigenvalue weighted by molar-refractivity contribution is 0.601. The molecule has 0 aliphatic rings. The van der Waals surface area contributed by atoms with E-state index >= 15 is 0 Å². The zero-order valence-corrected chi connectivity index (χ0v) is 12.6. The Hall–Kier alpha value is -1.59. The van der Waals surface area contributed by atoms with E-state index < -0.39 is 10.0 Å². The first kappa shape index (κ1) is 14.8. The van der Waals surface area contributed by atoms with Crippen molar-refractivity contribution in [2.24, 2.45) is 0 Å². The van der Waals surface area contributed by atoms with Gasteiger partial charge in [-0.25, -0.2) is 8.42 Å². The molecular weight excluding hydrogens is 296 g/mol. The molecule has 2 aromatic rings. The molecule has 0 saturated carbocycles. The number of hydrogen-bond donors (Lipinski definition) is 1. The molecule has 0 bridgehead atoms. The van der Waals surface area contributed by atoms with Crippen molar-refractivity contribution in [1.29, 1.82) is 0 Å². The van der Waals surface area contributed by atoms with Crippen LogP contribution in [0.5, 0.6) is 0 Å². The molecule has 0 atom stereocenters. The van der Waals surface area contributed by atoms with Crippen molar-refractivity contribution in [2.45, 2.75) is 24.7 Å². The minimum absolute atomic E-state index is 0.0284. The maximum absolute atomic E-state index is 12.2. The lowest BCUT2D eigenvalue weighted by Gasteiger charge is -2.09. The van der Waals surface area contributed by atoms with E-state index in [0.717, 1.165) is 12.8 Å². The van der Waals surface area contributed by atoms with Crippen LogP contribution in [0.25, 0.3) is 0 Å². The molecule has 0 aliphatic heterocycles. The molecule has 4 nitrogen and oxygen atoms in total. The van der Waals surface area contributed by atoms with Crippen molar-refractivity contribution >= 4 is 27.3 Å². The molecule has 1 heterocycles. The third kappa shape index (κ3) is 3.49. The normalized spacial score (nSPS) is 11.3. The summed E-state index contributed by atoms with van der Waals surface area (Å²) in [4.78, 5) is 3.76. The molecule has 6 heteroatoms. The van der Waals surface area contributed by atoms with Gasteiger partial charge < -0.3 is 0 Å². The summed E-state index contributed by atoms with van der Waals surface area (Å²) in [5, 5.41) is 0.148. The highest BCUT2D eigenvalue weighted by Crippen LogP contribution is 2.22. The number of aromatic nitrogens is 1. The highest BCUT2D eigenvalue weighted by molar-refractivity contribution is 7.92. The average Bonchev–Trinajstić information content (AvgIpc) is 2.41. The molecular formula is C14H15ClN2O2S. The first-order chi connectivity index (χ1) is 9.53. The summed E-state index contributed by atoms with van der Waals surface area (Å²) in [7, 11) is -3.71. The molecule has 1 aromatic carbocycles. The monoisotopic (exact) mass is 310 g/mol. The van der Waals surface area contributed by atoms with Crippen molar-refractivity contribution in [1.82, 2.24) is 4.98 Å². The van der Waals surface area contributed by atoms with Gasteiger partial charge in [-0.05, 0) is 30.2 Å². The van der Waals surface area contributed by atoms with E-state index in [-0.39, 0.29) is 9.92 Å². The topological polar surface area (TPSA) is 59.1 Å². The van der Waals surface area contributed by atoms with Crippen molar-refractivity contribution in [3.63, 3.8) is 0 Å². The van der Waals surface area contributed by atoms with Gasteiger partial charge in [0.25, 0.3) is 10.0 Å². The summed E-state index contributed by atoms with van der Waals surface area (Å²) in [6.07, 6.45) is 4.70. The van der Waals surface area contributed by atoms with Crippen LogP contribution in [0.1, 0.15) is 18.9 Å². The van der Waals surface area contributed by atoms with Gasteiger partial charge in [-0.15, -0.1) is 0 Å². The minimum Gasteiger partial charge on any atom is -0.280 e. The Morgan fingerprint density at radius 3 is 2.50 bits per heavy atom. The summed E-state index contributed by atoms with van der Waals surface area (Å²) in [5.41, 5.74) is 1.68. The molecule has 0 amide bonds. The van der Waals surface area contributed by atoms with Gasteiger partial charge in [-0.3, -0.25) is 9.71 Å². The Morgan fingerprint density at radius 2 is 1.90 bits per heavy atom. The lowest BCUT2D eigenvalue weighted by Crippen LogP contribution is -2.13. The number of pyridine rings is 1. The van der Waals surface area contributed by atoms with Crippen molar-refractivity contribution < 1.29 is 8.42 Å². The predicted molar refractivity (Wildman–Crippen MR) is 80.5 cm³/mol. The first-order valence-corrected chi connectivity index (χ1v) is 8.10. The number of halogens is 1. The molecule has 0 fully saturated rings. The number of nitrogens with one attached hydrogen (secondary N) is 1. The smallest absolute Gasteiger partial charge is 0.264 e. The number of anilines is 1. The fourth-order valence-corrected chi connectivity index (χ4v) is 3.29.